The van der Waals surface area contributed by atoms with Crippen LogP contribution < -0.4 is 16.2 Å². The van der Waals surface area contributed by atoms with Gasteiger partial charge in [-0.1, -0.05) is 23.7 Å². The Balaban J connectivity index is 1.62. The standard InChI is InChI=1S/C23H15ClF4N4O2/c24-18-10-7-14(11-17(18)23(26,27)28)30-22(34)29-12-20-31-19-4-2-1-3-16(19)21(33)32(20)15-8-5-13(25)6-9-15/h1-11H,12H2,(H2,29,30,34). The van der Waals surface area contributed by atoms with E-state index >= 15 is 0 Å². The number of fused-ring (bicyclic) bond motifs is 1. The van der Waals surface area contributed by atoms with Crippen LogP contribution in [0.3, 0.4) is 0 Å². The van der Waals surface area contributed by atoms with Crippen molar-refractivity contribution >= 4 is 34.2 Å². The van der Waals surface area contributed by atoms with E-state index in [1.165, 1.54) is 34.9 Å². The van der Waals surface area contributed by atoms with Crippen molar-refractivity contribution < 1.29 is 22.4 Å². The Morgan fingerprint density at radius 1 is 1.03 bits per heavy atom. The van der Waals surface area contributed by atoms with Crippen molar-refractivity contribution in [1.82, 2.24) is 14.9 Å². The van der Waals surface area contributed by atoms with Gasteiger partial charge < -0.3 is 10.6 Å². The Hall–Kier alpha value is -3.92. The summed E-state index contributed by atoms with van der Waals surface area (Å²) in [6, 6.07) is 13.9. The van der Waals surface area contributed by atoms with Crippen LogP contribution in [-0.4, -0.2) is 15.6 Å². The van der Waals surface area contributed by atoms with Crippen LogP contribution in [0.4, 0.5) is 28.0 Å². The molecule has 0 fully saturated rings. The van der Waals surface area contributed by atoms with E-state index in [9.17, 15) is 27.2 Å². The van der Waals surface area contributed by atoms with Crippen molar-refractivity contribution in [2.75, 3.05) is 5.32 Å². The number of nitrogens with one attached hydrogen (secondary N) is 2. The molecule has 1 aromatic heterocycles. The zero-order valence-corrected chi connectivity index (χ0v) is 17.9. The molecule has 0 saturated heterocycles. The summed E-state index contributed by atoms with van der Waals surface area (Å²) in [5.41, 5.74) is -0.933. The topological polar surface area (TPSA) is 76.0 Å². The molecule has 2 amide bonds. The number of nitrogens with zero attached hydrogens (tertiary/aromatic N) is 2. The first-order valence-electron chi connectivity index (χ1n) is 9.82. The van der Waals surface area contributed by atoms with E-state index in [1.807, 2.05) is 0 Å². The lowest BCUT2D eigenvalue weighted by Gasteiger charge is -2.15. The molecule has 0 spiro atoms. The summed E-state index contributed by atoms with van der Waals surface area (Å²) in [5, 5.41) is 4.59. The van der Waals surface area contributed by atoms with E-state index in [0.29, 0.717) is 22.7 Å². The van der Waals surface area contributed by atoms with Gasteiger partial charge in [0.15, 0.2) is 0 Å². The van der Waals surface area contributed by atoms with Crippen LogP contribution in [0.2, 0.25) is 5.02 Å². The number of benzene rings is 3. The first-order valence-corrected chi connectivity index (χ1v) is 10.2. The van der Waals surface area contributed by atoms with Gasteiger partial charge in [-0.05, 0) is 54.6 Å². The van der Waals surface area contributed by atoms with Gasteiger partial charge in [-0.3, -0.25) is 9.36 Å². The highest BCUT2D eigenvalue weighted by atomic mass is 35.5. The fraction of sp³-hybridized carbons (Fsp3) is 0.0870. The molecule has 6 nitrogen and oxygen atoms in total. The number of alkyl halides is 3. The molecular formula is C23H15ClF4N4O2. The Labute approximate surface area is 194 Å². The van der Waals surface area contributed by atoms with Gasteiger partial charge >= 0.3 is 12.2 Å². The Bertz CT molecular complexity index is 1440. The van der Waals surface area contributed by atoms with E-state index in [1.54, 1.807) is 24.3 Å². The van der Waals surface area contributed by atoms with Crippen molar-refractivity contribution in [2.24, 2.45) is 0 Å². The van der Waals surface area contributed by atoms with E-state index in [4.69, 9.17) is 11.6 Å². The number of para-hydroxylation sites is 1. The Kier molecular flexibility index (Phi) is 6.25. The smallest absolute Gasteiger partial charge is 0.331 e. The monoisotopic (exact) mass is 490 g/mol. The molecule has 4 aromatic rings. The highest BCUT2D eigenvalue weighted by molar-refractivity contribution is 6.31. The molecule has 0 aliphatic rings. The van der Waals surface area contributed by atoms with Gasteiger partial charge in [-0.25, -0.2) is 14.2 Å². The molecule has 0 saturated carbocycles. The number of carbonyl (C=O) groups is 1. The van der Waals surface area contributed by atoms with Gasteiger partial charge in [-0.2, -0.15) is 13.2 Å². The molecule has 0 bridgehead atoms. The van der Waals surface area contributed by atoms with Crippen LogP contribution in [0.1, 0.15) is 11.4 Å². The number of carbonyl (C=O) groups excluding carboxylic acids is 1. The van der Waals surface area contributed by atoms with E-state index < -0.39 is 34.2 Å². The highest BCUT2D eigenvalue weighted by Gasteiger charge is 2.33. The lowest BCUT2D eigenvalue weighted by atomic mass is 10.2. The van der Waals surface area contributed by atoms with Crippen LogP contribution in [0, 0.1) is 5.82 Å². The zero-order chi connectivity index (χ0) is 24.5. The van der Waals surface area contributed by atoms with Gasteiger partial charge in [0.05, 0.1) is 33.7 Å². The van der Waals surface area contributed by atoms with Crippen molar-refractivity contribution in [3.63, 3.8) is 0 Å². The lowest BCUT2D eigenvalue weighted by molar-refractivity contribution is -0.137. The molecule has 2 N–H and O–H groups in total. The van der Waals surface area contributed by atoms with Gasteiger partial charge in [0.25, 0.3) is 5.56 Å². The zero-order valence-electron chi connectivity index (χ0n) is 17.2. The maximum absolute atomic E-state index is 13.4. The van der Waals surface area contributed by atoms with Crippen LogP contribution in [0.15, 0.2) is 71.5 Å². The molecule has 11 heteroatoms. The fourth-order valence-electron chi connectivity index (χ4n) is 3.31. The summed E-state index contributed by atoms with van der Waals surface area (Å²) in [4.78, 5) is 29.9. The number of anilines is 1. The molecular weight excluding hydrogens is 476 g/mol. The average Bonchev–Trinajstić information content (AvgIpc) is 2.79. The number of urea groups is 1. The summed E-state index contributed by atoms with van der Waals surface area (Å²) in [6.07, 6.45) is -4.69. The van der Waals surface area contributed by atoms with E-state index in [0.717, 1.165) is 6.07 Å². The average molecular weight is 491 g/mol. The summed E-state index contributed by atoms with van der Waals surface area (Å²) < 4.78 is 53.8. The van der Waals surface area contributed by atoms with Gasteiger partial charge in [0, 0.05) is 5.69 Å². The van der Waals surface area contributed by atoms with Crippen molar-refractivity contribution in [3.8, 4) is 5.69 Å². The second-order valence-electron chi connectivity index (χ2n) is 7.16. The number of hydrogen-bond acceptors (Lipinski definition) is 3. The predicted octanol–water partition coefficient (Wildman–Crippen LogP) is 5.52. The first-order chi connectivity index (χ1) is 16.1. The second-order valence-corrected chi connectivity index (χ2v) is 7.57. The number of halogens is 5. The predicted molar refractivity (Wildman–Crippen MR) is 120 cm³/mol. The number of amides is 2. The minimum absolute atomic E-state index is 0.128. The molecule has 3 aromatic carbocycles. The van der Waals surface area contributed by atoms with Gasteiger partial charge in [0.1, 0.15) is 11.6 Å². The Morgan fingerprint density at radius 3 is 2.44 bits per heavy atom. The molecule has 0 atom stereocenters. The molecule has 0 radical (unpaired) electrons. The number of rotatable bonds is 4. The van der Waals surface area contributed by atoms with E-state index in [2.05, 4.69) is 15.6 Å². The fourth-order valence-corrected chi connectivity index (χ4v) is 3.53. The second kappa shape index (κ2) is 9.14. The normalized spacial score (nSPS) is 11.4. The molecule has 0 unspecified atom stereocenters. The molecule has 174 valence electrons. The summed E-state index contributed by atoms with van der Waals surface area (Å²) in [5.74, 6) is -0.358. The minimum atomic E-state index is -4.69. The third-order valence-corrected chi connectivity index (χ3v) is 5.20. The van der Waals surface area contributed by atoms with Crippen molar-refractivity contribution in [2.45, 2.75) is 12.7 Å². The van der Waals surface area contributed by atoms with Crippen LogP contribution in [0.25, 0.3) is 16.6 Å². The third kappa shape index (κ3) is 4.86. The number of aromatic nitrogens is 2. The summed E-state index contributed by atoms with van der Waals surface area (Å²) >= 11 is 5.59. The molecule has 0 aliphatic heterocycles. The van der Waals surface area contributed by atoms with Crippen LogP contribution >= 0.6 is 11.6 Å². The molecule has 34 heavy (non-hydrogen) atoms. The summed E-state index contributed by atoms with van der Waals surface area (Å²) in [6.45, 7) is -0.247. The maximum Gasteiger partial charge on any atom is 0.417 e. The Morgan fingerprint density at radius 2 is 1.74 bits per heavy atom. The SMILES string of the molecule is O=C(NCc1nc2ccccc2c(=O)n1-c1ccc(F)cc1)Nc1ccc(Cl)c(C(F)(F)F)c1. The quantitative estimate of drug-likeness (QED) is 0.370. The molecule has 1 heterocycles. The first kappa shape index (κ1) is 23.2. The van der Waals surface area contributed by atoms with Crippen LogP contribution in [-0.2, 0) is 12.7 Å². The van der Waals surface area contributed by atoms with Gasteiger partial charge in [0.2, 0.25) is 0 Å². The maximum atomic E-state index is 13.4. The van der Waals surface area contributed by atoms with Crippen LogP contribution in [0.5, 0.6) is 0 Å². The van der Waals surface area contributed by atoms with Crippen molar-refractivity contribution in [1.29, 1.82) is 0 Å². The summed E-state index contributed by atoms with van der Waals surface area (Å²) in [7, 11) is 0. The largest absolute Gasteiger partial charge is 0.417 e. The van der Waals surface area contributed by atoms with Crippen molar-refractivity contribution in [3.05, 3.63) is 99.3 Å². The number of hydrogen-bond donors (Lipinski definition) is 2. The van der Waals surface area contributed by atoms with E-state index in [-0.39, 0.29) is 18.1 Å². The van der Waals surface area contributed by atoms with Gasteiger partial charge in [-0.15, -0.1) is 0 Å². The lowest BCUT2D eigenvalue weighted by Crippen LogP contribution is -2.32. The molecule has 0 aliphatic carbocycles. The minimum Gasteiger partial charge on any atom is -0.331 e. The highest BCUT2D eigenvalue weighted by Crippen LogP contribution is 2.36. The molecule has 4 rings (SSSR count). The third-order valence-electron chi connectivity index (χ3n) is 4.87.